The highest BCUT2D eigenvalue weighted by atomic mass is 32.1. The summed E-state index contributed by atoms with van der Waals surface area (Å²) in [7, 11) is 0. The van der Waals surface area contributed by atoms with Crippen LogP contribution in [0.15, 0.2) is 30.5 Å². The zero-order valence-corrected chi connectivity index (χ0v) is 18.7. The van der Waals surface area contributed by atoms with Crippen molar-refractivity contribution in [2.75, 3.05) is 31.5 Å². The third-order valence-corrected chi connectivity index (χ3v) is 6.28. The predicted molar refractivity (Wildman–Crippen MR) is 121 cm³/mol. The van der Waals surface area contributed by atoms with E-state index in [4.69, 9.17) is 0 Å². The minimum Gasteiger partial charge on any atom is -0.378 e. The average molecular weight is 460 g/mol. The largest absolute Gasteiger partial charge is 0.378 e. The van der Waals surface area contributed by atoms with E-state index in [2.05, 4.69) is 27.9 Å². The molecule has 1 aromatic heterocycles. The van der Waals surface area contributed by atoms with E-state index >= 15 is 0 Å². The number of hydrogen-bond acceptors (Lipinski definition) is 7. The van der Waals surface area contributed by atoms with Gasteiger partial charge in [0, 0.05) is 50.1 Å². The molecule has 3 heterocycles. The number of nitrogens with zero attached hydrogens (tertiary/aromatic N) is 4. The van der Waals surface area contributed by atoms with E-state index < -0.39 is 10.8 Å². The Morgan fingerprint density at radius 3 is 2.66 bits per heavy atom. The van der Waals surface area contributed by atoms with Crippen LogP contribution in [0, 0.1) is 5.82 Å². The topological polar surface area (TPSA) is 98.7 Å². The summed E-state index contributed by atoms with van der Waals surface area (Å²) in [4.78, 5) is 34.9. The third kappa shape index (κ3) is 5.02. The van der Waals surface area contributed by atoms with E-state index in [1.807, 2.05) is 0 Å². The van der Waals surface area contributed by atoms with Crippen molar-refractivity contribution in [3.05, 3.63) is 41.8 Å². The van der Waals surface area contributed by atoms with Crippen LogP contribution in [0.4, 0.5) is 10.3 Å². The number of amides is 2. The summed E-state index contributed by atoms with van der Waals surface area (Å²) >= 11 is 4.16. The Morgan fingerprint density at radius 2 is 2.00 bits per heavy atom. The molecule has 32 heavy (non-hydrogen) atoms. The van der Waals surface area contributed by atoms with E-state index in [0.29, 0.717) is 43.1 Å². The number of anilines is 1. The standard InChI is InChI=1S/C22H26FN5O3S/c1-14(29)27-8-5-17(6-9-27)25-21-24-12-18(23)19(26-21)15-3-2-4-16(11-15)20(30)28-10-7-22(31,32)13-28/h2-4,11-12,17,31-32H,5-10,13H2,1H3,(H,24,25,26). The number of nitrogens with one attached hydrogen (secondary N) is 1. The first-order chi connectivity index (χ1) is 15.2. The van der Waals surface area contributed by atoms with Crippen LogP contribution in [0.25, 0.3) is 11.3 Å². The number of benzene rings is 1. The maximum Gasteiger partial charge on any atom is 0.254 e. The molecular weight excluding hydrogens is 433 g/mol. The monoisotopic (exact) mass is 459 g/mol. The number of rotatable bonds is 4. The predicted octanol–water partition coefficient (Wildman–Crippen LogP) is 2.17. The van der Waals surface area contributed by atoms with Gasteiger partial charge in [0.05, 0.1) is 12.7 Å². The first-order valence-corrected chi connectivity index (χ1v) is 11.1. The van der Waals surface area contributed by atoms with Crippen molar-refractivity contribution in [1.82, 2.24) is 19.8 Å². The quantitative estimate of drug-likeness (QED) is 0.479. The Kier molecular flexibility index (Phi) is 6.34. The molecule has 0 spiro atoms. The smallest absolute Gasteiger partial charge is 0.254 e. The second-order valence-electron chi connectivity index (χ2n) is 8.35. The molecule has 2 N–H and O–H groups in total. The van der Waals surface area contributed by atoms with Gasteiger partial charge in [-0.2, -0.15) is 0 Å². The molecular formula is C22H26FN5O3S. The molecule has 4 rings (SSSR count). The van der Waals surface area contributed by atoms with Gasteiger partial charge in [0.1, 0.15) is 10.6 Å². The number of piperidine rings is 1. The molecule has 170 valence electrons. The Morgan fingerprint density at radius 1 is 1.25 bits per heavy atom. The number of aromatic nitrogens is 2. The van der Waals surface area contributed by atoms with Crippen molar-refractivity contribution < 1.29 is 19.1 Å². The second kappa shape index (κ2) is 9.03. The Hall–Kier alpha value is -2.72. The molecule has 2 amide bonds. The van der Waals surface area contributed by atoms with Crippen molar-refractivity contribution in [2.24, 2.45) is 0 Å². The van der Waals surface area contributed by atoms with Gasteiger partial charge in [-0.05, 0) is 25.0 Å². The summed E-state index contributed by atoms with van der Waals surface area (Å²) in [6.07, 6.45) is 3.02. The molecule has 0 aliphatic carbocycles. The molecule has 0 radical (unpaired) electrons. The van der Waals surface area contributed by atoms with Gasteiger partial charge >= 0.3 is 0 Å². The summed E-state index contributed by atoms with van der Waals surface area (Å²) in [5, 5.41) is 13.2. The van der Waals surface area contributed by atoms with E-state index in [0.717, 1.165) is 19.0 Å². The van der Waals surface area contributed by atoms with Gasteiger partial charge in [-0.15, -0.1) is 12.6 Å². The summed E-state index contributed by atoms with van der Waals surface area (Å²) in [5.74, 6) is -0.468. The Bertz CT molecular complexity index is 1030. The molecule has 1 atom stereocenters. The van der Waals surface area contributed by atoms with Crippen LogP contribution in [0.5, 0.6) is 0 Å². The third-order valence-electron chi connectivity index (χ3n) is 5.91. The lowest BCUT2D eigenvalue weighted by Crippen LogP contribution is -2.41. The summed E-state index contributed by atoms with van der Waals surface area (Å²) in [6, 6.07) is 6.71. The molecule has 1 unspecified atom stereocenters. The van der Waals surface area contributed by atoms with Gasteiger partial charge < -0.3 is 20.2 Å². The fourth-order valence-corrected chi connectivity index (χ4v) is 4.36. The van der Waals surface area contributed by atoms with Gasteiger partial charge in [-0.3, -0.25) is 9.59 Å². The van der Waals surface area contributed by atoms with E-state index in [9.17, 15) is 19.1 Å². The average Bonchev–Trinajstić information content (AvgIpc) is 3.14. The number of carbonyl (C=O) groups is 2. The lowest BCUT2D eigenvalue weighted by atomic mass is 10.1. The van der Waals surface area contributed by atoms with Crippen LogP contribution in [0.1, 0.15) is 36.5 Å². The van der Waals surface area contributed by atoms with Gasteiger partial charge in [0.25, 0.3) is 5.91 Å². The number of hydrogen-bond donors (Lipinski definition) is 3. The fraction of sp³-hybridized carbons (Fsp3) is 0.455. The molecule has 2 aliphatic heterocycles. The lowest BCUT2D eigenvalue weighted by Gasteiger charge is -2.31. The lowest BCUT2D eigenvalue weighted by molar-refractivity contribution is -0.129. The number of halogens is 1. The van der Waals surface area contributed by atoms with Crippen LogP contribution in [-0.4, -0.2) is 73.8 Å². The first-order valence-electron chi connectivity index (χ1n) is 10.6. The first kappa shape index (κ1) is 22.5. The van der Waals surface area contributed by atoms with Gasteiger partial charge in [-0.25, -0.2) is 14.4 Å². The fourth-order valence-electron chi connectivity index (χ4n) is 4.09. The Balaban J connectivity index is 1.50. The van der Waals surface area contributed by atoms with Crippen molar-refractivity contribution in [3.63, 3.8) is 0 Å². The minimum atomic E-state index is -1.19. The molecule has 0 saturated carbocycles. The highest BCUT2D eigenvalue weighted by molar-refractivity contribution is 7.81. The summed E-state index contributed by atoms with van der Waals surface area (Å²) < 4.78 is 14.6. The van der Waals surface area contributed by atoms with Crippen LogP contribution in [-0.2, 0) is 4.79 Å². The van der Waals surface area contributed by atoms with Gasteiger partial charge in [0.2, 0.25) is 11.9 Å². The molecule has 2 saturated heterocycles. The molecule has 2 aliphatic rings. The van der Waals surface area contributed by atoms with Crippen molar-refractivity contribution >= 4 is 30.4 Å². The summed E-state index contributed by atoms with van der Waals surface area (Å²) in [6.45, 7) is 3.41. The minimum absolute atomic E-state index is 0.0613. The number of β-amino-alcohol motifs (C(OH)–C–C–N with tert-alkyl or cyclic N) is 1. The van der Waals surface area contributed by atoms with E-state index in [1.165, 1.54) is 4.90 Å². The summed E-state index contributed by atoms with van der Waals surface area (Å²) in [5.41, 5.74) is 0.952. The van der Waals surface area contributed by atoms with Crippen LogP contribution in [0.3, 0.4) is 0 Å². The molecule has 1 aromatic carbocycles. The maximum absolute atomic E-state index is 14.6. The van der Waals surface area contributed by atoms with Gasteiger partial charge in [-0.1, -0.05) is 12.1 Å². The van der Waals surface area contributed by atoms with Crippen LogP contribution in [0.2, 0.25) is 0 Å². The maximum atomic E-state index is 14.6. The number of likely N-dealkylation sites (tertiary alicyclic amines) is 2. The molecule has 0 bridgehead atoms. The van der Waals surface area contributed by atoms with Crippen molar-refractivity contribution in [2.45, 2.75) is 37.2 Å². The Labute approximate surface area is 191 Å². The van der Waals surface area contributed by atoms with Crippen LogP contribution >= 0.6 is 12.6 Å². The van der Waals surface area contributed by atoms with Crippen molar-refractivity contribution in [3.8, 4) is 11.3 Å². The highest BCUT2D eigenvalue weighted by Gasteiger charge is 2.35. The highest BCUT2D eigenvalue weighted by Crippen LogP contribution is 2.28. The number of thiol groups is 1. The van der Waals surface area contributed by atoms with Crippen LogP contribution < -0.4 is 5.32 Å². The molecule has 2 aromatic rings. The number of aliphatic hydroxyl groups is 1. The number of carbonyl (C=O) groups excluding carboxylic acids is 2. The SMILES string of the molecule is CC(=O)N1CCC(Nc2ncc(F)c(-c3cccc(C(=O)N4CCC(O)(S)C4)c3)n2)CC1. The molecule has 8 nitrogen and oxygen atoms in total. The second-order valence-corrected chi connectivity index (χ2v) is 9.19. The van der Waals surface area contributed by atoms with E-state index in [1.54, 1.807) is 36.1 Å². The zero-order valence-electron chi connectivity index (χ0n) is 17.8. The van der Waals surface area contributed by atoms with Crippen molar-refractivity contribution in [1.29, 1.82) is 0 Å². The molecule has 2 fully saturated rings. The zero-order chi connectivity index (χ0) is 22.9. The normalized spacial score (nSPS) is 21.6. The van der Waals surface area contributed by atoms with Gasteiger partial charge in [0.15, 0.2) is 5.82 Å². The van der Waals surface area contributed by atoms with E-state index in [-0.39, 0.29) is 30.1 Å². The molecule has 10 heteroatoms.